The van der Waals surface area contributed by atoms with E-state index in [0.717, 1.165) is 38.3 Å². The molecule has 0 spiro atoms. The number of guanidine groups is 1. The van der Waals surface area contributed by atoms with Gasteiger partial charge in [-0.2, -0.15) is 0 Å². The van der Waals surface area contributed by atoms with E-state index in [2.05, 4.69) is 51.0 Å². The van der Waals surface area contributed by atoms with E-state index < -0.39 is 0 Å². The van der Waals surface area contributed by atoms with Crippen molar-refractivity contribution < 1.29 is 4.79 Å². The van der Waals surface area contributed by atoms with Gasteiger partial charge in [-0.3, -0.25) is 9.79 Å². The standard InChI is InChI=1S/C18H28N4OS.HI/c1-19-18(20-12-4-5-17(23)21-15-8-9-15)22(2)13-14-6-10-16(24-3)11-7-14;/h6-7,10-11,15H,4-5,8-9,12-13H2,1-3H3,(H,19,20)(H,21,23);1H. The summed E-state index contributed by atoms with van der Waals surface area (Å²) < 4.78 is 0. The number of benzene rings is 1. The second-order valence-corrected chi connectivity index (χ2v) is 7.00. The number of nitrogens with one attached hydrogen (secondary N) is 2. The van der Waals surface area contributed by atoms with Gasteiger partial charge in [-0.15, -0.1) is 35.7 Å². The molecule has 1 saturated carbocycles. The minimum absolute atomic E-state index is 0. The molecule has 1 aromatic carbocycles. The van der Waals surface area contributed by atoms with Crippen molar-refractivity contribution in [3.8, 4) is 0 Å². The van der Waals surface area contributed by atoms with Gasteiger partial charge in [-0.25, -0.2) is 0 Å². The van der Waals surface area contributed by atoms with E-state index in [0.29, 0.717) is 12.5 Å². The number of rotatable bonds is 8. The number of carbonyl (C=O) groups excluding carboxylic acids is 1. The first-order valence-corrected chi connectivity index (χ1v) is 9.69. The molecule has 7 heteroatoms. The maximum atomic E-state index is 11.7. The van der Waals surface area contributed by atoms with Gasteiger partial charge in [0.2, 0.25) is 5.91 Å². The lowest BCUT2D eigenvalue weighted by Crippen LogP contribution is -2.39. The molecule has 1 fully saturated rings. The minimum Gasteiger partial charge on any atom is -0.356 e. The third kappa shape index (κ3) is 8.31. The Hall–Kier alpha value is -0.960. The Balaban J connectivity index is 0.00000312. The summed E-state index contributed by atoms with van der Waals surface area (Å²) in [4.78, 5) is 19.3. The number of hydrogen-bond donors (Lipinski definition) is 2. The van der Waals surface area contributed by atoms with Crippen LogP contribution in [0.1, 0.15) is 31.2 Å². The highest BCUT2D eigenvalue weighted by Crippen LogP contribution is 2.18. The topological polar surface area (TPSA) is 56.7 Å². The van der Waals surface area contributed by atoms with Crippen LogP contribution in [0.15, 0.2) is 34.2 Å². The van der Waals surface area contributed by atoms with E-state index in [4.69, 9.17) is 0 Å². The van der Waals surface area contributed by atoms with Crippen LogP contribution in [0.5, 0.6) is 0 Å². The van der Waals surface area contributed by atoms with Gasteiger partial charge in [0, 0.05) is 44.5 Å². The highest BCUT2D eigenvalue weighted by atomic mass is 127. The molecule has 1 aliphatic rings. The van der Waals surface area contributed by atoms with Crippen molar-refractivity contribution in [1.82, 2.24) is 15.5 Å². The molecule has 0 unspecified atom stereocenters. The Kier molecular flexibility index (Phi) is 10.3. The van der Waals surface area contributed by atoms with E-state index in [-0.39, 0.29) is 29.9 Å². The maximum Gasteiger partial charge on any atom is 0.220 e. The molecular weight excluding hydrogens is 447 g/mol. The number of aliphatic imine (C=N–C) groups is 1. The van der Waals surface area contributed by atoms with Crippen molar-refractivity contribution in [2.45, 2.75) is 43.2 Å². The molecule has 1 aromatic rings. The summed E-state index contributed by atoms with van der Waals surface area (Å²) in [6, 6.07) is 9.03. The molecule has 0 bridgehead atoms. The Morgan fingerprint density at radius 1 is 1.32 bits per heavy atom. The SMILES string of the molecule is CN=C(NCCCC(=O)NC1CC1)N(C)Cc1ccc(SC)cc1.I. The second kappa shape index (κ2) is 11.6. The largest absolute Gasteiger partial charge is 0.356 e. The van der Waals surface area contributed by atoms with Crippen molar-refractivity contribution in [3.05, 3.63) is 29.8 Å². The molecule has 25 heavy (non-hydrogen) atoms. The Bertz CT molecular complexity index is 561. The molecule has 0 heterocycles. The third-order valence-electron chi connectivity index (χ3n) is 3.96. The summed E-state index contributed by atoms with van der Waals surface area (Å²) in [6.45, 7) is 1.55. The van der Waals surface area contributed by atoms with Crippen LogP contribution in [0, 0.1) is 0 Å². The Morgan fingerprint density at radius 3 is 2.56 bits per heavy atom. The fourth-order valence-electron chi connectivity index (χ4n) is 2.44. The summed E-state index contributed by atoms with van der Waals surface area (Å²) in [5, 5.41) is 6.34. The van der Waals surface area contributed by atoms with Crippen LogP contribution < -0.4 is 10.6 Å². The second-order valence-electron chi connectivity index (χ2n) is 6.12. The first-order chi connectivity index (χ1) is 11.6. The van der Waals surface area contributed by atoms with Crippen molar-refractivity contribution in [1.29, 1.82) is 0 Å². The van der Waals surface area contributed by atoms with E-state index in [1.807, 2.05) is 7.05 Å². The monoisotopic (exact) mass is 476 g/mol. The average molecular weight is 476 g/mol. The normalized spacial score (nSPS) is 13.8. The highest BCUT2D eigenvalue weighted by molar-refractivity contribution is 14.0. The van der Waals surface area contributed by atoms with Crippen molar-refractivity contribution in [2.24, 2.45) is 4.99 Å². The molecule has 140 valence electrons. The fraction of sp³-hybridized carbons (Fsp3) is 0.556. The molecule has 1 amide bonds. The minimum atomic E-state index is 0. The summed E-state index contributed by atoms with van der Waals surface area (Å²) >= 11 is 1.75. The van der Waals surface area contributed by atoms with E-state index in [1.165, 1.54) is 10.5 Å². The molecule has 0 aliphatic heterocycles. The summed E-state index contributed by atoms with van der Waals surface area (Å²) in [5.74, 6) is 1.02. The Morgan fingerprint density at radius 2 is 2.00 bits per heavy atom. The average Bonchev–Trinajstić information content (AvgIpc) is 3.39. The van der Waals surface area contributed by atoms with Crippen molar-refractivity contribution >= 4 is 47.6 Å². The lowest BCUT2D eigenvalue weighted by molar-refractivity contribution is -0.121. The third-order valence-corrected chi connectivity index (χ3v) is 4.70. The maximum absolute atomic E-state index is 11.7. The fourth-order valence-corrected chi connectivity index (χ4v) is 2.85. The summed E-state index contributed by atoms with van der Waals surface area (Å²) in [6.07, 6.45) is 5.74. The first kappa shape index (κ1) is 22.1. The molecule has 5 nitrogen and oxygen atoms in total. The molecule has 1 aliphatic carbocycles. The smallest absolute Gasteiger partial charge is 0.220 e. The van der Waals surface area contributed by atoms with Crippen LogP contribution in [-0.4, -0.2) is 49.7 Å². The number of carbonyl (C=O) groups is 1. The van der Waals surface area contributed by atoms with Gasteiger partial charge in [0.25, 0.3) is 0 Å². The molecule has 0 atom stereocenters. The molecule has 2 N–H and O–H groups in total. The van der Waals surface area contributed by atoms with Crippen LogP contribution in [0.25, 0.3) is 0 Å². The quantitative estimate of drug-likeness (QED) is 0.199. The lowest BCUT2D eigenvalue weighted by atomic mass is 10.2. The van der Waals surface area contributed by atoms with E-state index >= 15 is 0 Å². The predicted octanol–water partition coefficient (Wildman–Crippen LogP) is 3.09. The van der Waals surface area contributed by atoms with Gasteiger partial charge in [-0.1, -0.05) is 12.1 Å². The van der Waals surface area contributed by atoms with Gasteiger partial charge < -0.3 is 15.5 Å². The summed E-state index contributed by atoms with van der Waals surface area (Å²) in [5.41, 5.74) is 1.25. The van der Waals surface area contributed by atoms with Crippen LogP contribution in [-0.2, 0) is 11.3 Å². The zero-order chi connectivity index (χ0) is 17.4. The molecule has 0 aromatic heterocycles. The van der Waals surface area contributed by atoms with Crippen LogP contribution in [0.2, 0.25) is 0 Å². The highest BCUT2D eigenvalue weighted by Gasteiger charge is 2.22. The van der Waals surface area contributed by atoms with Gasteiger partial charge in [0.1, 0.15) is 0 Å². The Labute approximate surface area is 172 Å². The number of hydrogen-bond acceptors (Lipinski definition) is 3. The van der Waals surface area contributed by atoms with E-state index in [1.54, 1.807) is 18.8 Å². The van der Waals surface area contributed by atoms with Crippen LogP contribution >= 0.6 is 35.7 Å². The lowest BCUT2D eigenvalue weighted by Gasteiger charge is -2.22. The van der Waals surface area contributed by atoms with Crippen LogP contribution in [0.3, 0.4) is 0 Å². The van der Waals surface area contributed by atoms with Gasteiger partial charge in [0.05, 0.1) is 0 Å². The van der Waals surface area contributed by atoms with Crippen molar-refractivity contribution in [2.75, 3.05) is 26.9 Å². The number of nitrogens with zero attached hydrogens (tertiary/aromatic N) is 2. The molecule has 0 saturated heterocycles. The zero-order valence-electron chi connectivity index (χ0n) is 15.2. The van der Waals surface area contributed by atoms with E-state index in [9.17, 15) is 4.79 Å². The van der Waals surface area contributed by atoms with Gasteiger partial charge in [0.15, 0.2) is 5.96 Å². The van der Waals surface area contributed by atoms with Crippen LogP contribution in [0.4, 0.5) is 0 Å². The summed E-state index contributed by atoms with van der Waals surface area (Å²) in [7, 11) is 3.81. The molecule has 2 rings (SSSR count). The molecule has 0 radical (unpaired) electrons. The van der Waals surface area contributed by atoms with Crippen molar-refractivity contribution in [3.63, 3.8) is 0 Å². The first-order valence-electron chi connectivity index (χ1n) is 8.46. The number of halogens is 1. The van der Waals surface area contributed by atoms with Gasteiger partial charge in [-0.05, 0) is 43.2 Å². The zero-order valence-corrected chi connectivity index (χ0v) is 18.4. The number of thioether (sulfide) groups is 1. The van der Waals surface area contributed by atoms with Gasteiger partial charge >= 0.3 is 0 Å². The molecular formula is C18H29IN4OS. The predicted molar refractivity (Wildman–Crippen MR) is 117 cm³/mol. The number of amides is 1.